The summed E-state index contributed by atoms with van der Waals surface area (Å²) in [5.41, 5.74) is 9.50. The molecule has 1 saturated heterocycles. The van der Waals surface area contributed by atoms with Gasteiger partial charge in [0.2, 0.25) is 0 Å². The summed E-state index contributed by atoms with van der Waals surface area (Å²) in [5.74, 6) is -0.213. The number of hydrogen-bond acceptors (Lipinski definition) is 6. The van der Waals surface area contributed by atoms with Gasteiger partial charge in [-0.1, -0.05) is 0 Å². The number of anilines is 1. The molecule has 3 aromatic heterocycles. The van der Waals surface area contributed by atoms with E-state index in [1.165, 1.54) is 6.07 Å². The van der Waals surface area contributed by atoms with Crippen LogP contribution in [-0.4, -0.2) is 49.8 Å². The number of hydrogen-bond donors (Lipinski definition) is 1. The zero-order valence-corrected chi connectivity index (χ0v) is 18.6. The zero-order valence-electron chi connectivity index (χ0n) is 17.0. The van der Waals surface area contributed by atoms with E-state index in [2.05, 4.69) is 31.0 Å². The van der Waals surface area contributed by atoms with E-state index in [-0.39, 0.29) is 23.9 Å². The number of benzene rings is 1. The second-order valence-electron chi connectivity index (χ2n) is 8.14. The zero-order chi connectivity index (χ0) is 22.1. The van der Waals surface area contributed by atoms with Crippen molar-refractivity contribution in [2.45, 2.75) is 18.6 Å². The van der Waals surface area contributed by atoms with Gasteiger partial charge in [-0.05, 0) is 45.3 Å². The third-order valence-corrected chi connectivity index (χ3v) is 6.96. The van der Waals surface area contributed by atoms with Crippen molar-refractivity contribution in [1.82, 2.24) is 24.6 Å². The lowest BCUT2D eigenvalue weighted by molar-refractivity contribution is -0.0518. The van der Waals surface area contributed by atoms with Gasteiger partial charge in [0, 0.05) is 25.4 Å². The van der Waals surface area contributed by atoms with Crippen LogP contribution in [-0.2, 0) is 18.2 Å². The maximum atomic E-state index is 14.3. The van der Waals surface area contributed by atoms with E-state index in [0.29, 0.717) is 41.1 Å². The molecule has 1 aromatic carbocycles. The fourth-order valence-corrected chi connectivity index (χ4v) is 5.29. The van der Waals surface area contributed by atoms with Crippen molar-refractivity contribution in [3.05, 3.63) is 57.7 Å². The largest absolute Gasteiger partial charge is 0.383 e. The highest BCUT2D eigenvalue weighted by Crippen LogP contribution is 2.42. The summed E-state index contributed by atoms with van der Waals surface area (Å²) in [6.45, 7) is 0.820. The first-order chi connectivity index (χ1) is 15.4. The molecule has 0 bridgehead atoms. The summed E-state index contributed by atoms with van der Waals surface area (Å²) in [4.78, 5) is 24.1. The van der Waals surface area contributed by atoms with Gasteiger partial charge in [0.05, 0.1) is 52.0 Å². The molecule has 0 radical (unpaired) electrons. The molecule has 8 nitrogen and oxygen atoms in total. The van der Waals surface area contributed by atoms with Crippen molar-refractivity contribution in [2.24, 2.45) is 7.05 Å². The Labute approximate surface area is 190 Å². The van der Waals surface area contributed by atoms with E-state index in [1.807, 2.05) is 7.05 Å². The fraction of sp³-hybridized carbons (Fsp3) is 0.273. The average Bonchev–Trinajstić information content (AvgIpc) is 3.34. The number of carbonyl (C=O) groups excluding carboxylic acids is 1. The van der Waals surface area contributed by atoms with Crippen LogP contribution >= 0.6 is 15.9 Å². The predicted octanol–water partition coefficient (Wildman–Crippen LogP) is 3.14. The summed E-state index contributed by atoms with van der Waals surface area (Å²) in [6.07, 6.45) is 3.64. The molecule has 2 aliphatic rings. The third-order valence-electron chi connectivity index (χ3n) is 6.35. The normalized spacial score (nSPS) is 20.0. The highest BCUT2D eigenvalue weighted by Gasteiger charge is 2.43. The molecule has 0 spiro atoms. The van der Waals surface area contributed by atoms with Crippen molar-refractivity contribution in [3.8, 4) is 0 Å². The standard InChI is InChI=1S/C22H18BrFN6O2/c1-29-19-12-7-16(26-9-17(12)28-21(25)13(19)8-27-29)22(31)30-2-3-32-18-5-10-4-14(23)15(24)6-11(10)20(18)30/h4,6-9,18,20H,2-3,5H2,1H3,(H2,25,28)/t18-,20+/m1/s1. The minimum Gasteiger partial charge on any atom is -0.383 e. The molecular weight excluding hydrogens is 479 g/mol. The third kappa shape index (κ3) is 2.75. The summed E-state index contributed by atoms with van der Waals surface area (Å²) in [5, 5.41) is 5.75. The number of nitrogens with two attached hydrogens (primary N) is 1. The molecule has 1 aliphatic carbocycles. The smallest absolute Gasteiger partial charge is 0.273 e. The van der Waals surface area contributed by atoms with Crippen molar-refractivity contribution in [3.63, 3.8) is 0 Å². The molecule has 2 atom stereocenters. The van der Waals surface area contributed by atoms with Crippen LogP contribution in [0.2, 0.25) is 0 Å². The minimum atomic E-state index is -0.354. The Balaban J connectivity index is 1.45. The fourth-order valence-electron chi connectivity index (χ4n) is 4.90. The van der Waals surface area contributed by atoms with E-state index in [1.54, 1.807) is 34.1 Å². The number of ether oxygens (including phenoxy) is 1. The first-order valence-corrected chi connectivity index (χ1v) is 11.0. The number of fused-ring (bicyclic) bond motifs is 6. The number of halogens is 2. The predicted molar refractivity (Wildman–Crippen MR) is 120 cm³/mol. The van der Waals surface area contributed by atoms with E-state index < -0.39 is 0 Å². The number of amides is 1. The van der Waals surface area contributed by atoms with Gasteiger partial charge in [-0.25, -0.2) is 14.4 Å². The van der Waals surface area contributed by atoms with Crippen LogP contribution in [0.4, 0.5) is 10.2 Å². The molecule has 4 heterocycles. The Kier molecular flexibility index (Phi) is 4.25. The molecule has 10 heteroatoms. The van der Waals surface area contributed by atoms with Gasteiger partial charge in [-0.15, -0.1) is 0 Å². The molecule has 32 heavy (non-hydrogen) atoms. The first kappa shape index (κ1) is 19.6. The van der Waals surface area contributed by atoms with E-state index in [4.69, 9.17) is 10.5 Å². The van der Waals surface area contributed by atoms with Crippen LogP contribution < -0.4 is 5.73 Å². The lowest BCUT2D eigenvalue weighted by Gasteiger charge is -2.38. The van der Waals surface area contributed by atoms with Crippen LogP contribution in [0.1, 0.15) is 27.7 Å². The first-order valence-electron chi connectivity index (χ1n) is 10.2. The van der Waals surface area contributed by atoms with Crippen molar-refractivity contribution >= 4 is 49.5 Å². The molecule has 162 valence electrons. The number of nitrogens with zero attached hydrogens (tertiary/aromatic N) is 5. The lowest BCUT2D eigenvalue weighted by Crippen LogP contribution is -2.46. The highest BCUT2D eigenvalue weighted by atomic mass is 79.9. The second kappa shape index (κ2) is 6.94. The number of pyridine rings is 2. The molecule has 6 rings (SSSR count). The highest BCUT2D eigenvalue weighted by molar-refractivity contribution is 9.10. The molecule has 4 aromatic rings. The van der Waals surface area contributed by atoms with Gasteiger partial charge in [-0.3, -0.25) is 9.48 Å². The van der Waals surface area contributed by atoms with Crippen LogP contribution in [0.15, 0.2) is 35.1 Å². The van der Waals surface area contributed by atoms with Crippen molar-refractivity contribution in [2.75, 3.05) is 18.9 Å². The topological polar surface area (TPSA) is 99.2 Å². The van der Waals surface area contributed by atoms with Gasteiger partial charge in [0.25, 0.3) is 5.91 Å². The van der Waals surface area contributed by atoms with E-state index in [0.717, 1.165) is 27.4 Å². The Morgan fingerprint density at radius 1 is 1.28 bits per heavy atom. The molecule has 1 aliphatic heterocycles. The van der Waals surface area contributed by atoms with E-state index >= 15 is 0 Å². The number of morpholine rings is 1. The van der Waals surface area contributed by atoms with Gasteiger partial charge < -0.3 is 15.4 Å². The van der Waals surface area contributed by atoms with Gasteiger partial charge in [0.15, 0.2) is 0 Å². The Hall–Kier alpha value is -3.11. The van der Waals surface area contributed by atoms with Crippen molar-refractivity contribution in [1.29, 1.82) is 0 Å². The Morgan fingerprint density at radius 2 is 2.12 bits per heavy atom. The molecule has 2 N–H and O–H groups in total. The number of nitrogen functional groups attached to an aromatic ring is 1. The van der Waals surface area contributed by atoms with Gasteiger partial charge in [-0.2, -0.15) is 5.10 Å². The van der Waals surface area contributed by atoms with Crippen LogP contribution in [0.5, 0.6) is 0 Å². The van der Waals surface area contributed by atoms with Crippen LogP contribution in [0.3, 0.4) is 0 Å². The summed E-state index contributed by atoms with van der Waals surface area (Å²) in [7, 11) is 1.82. The Bertz CT molecular complexity index is 1440. The maximum absolute atomic E-state index is 14.3. The molecular formula is C22H18BrFN6O2. The minimum absolute atomic E-state index is 0.206. The number of aryl methyl sites for hydroxylation is 1. The molecule has 0 unspecified atom stereocenters. The quantitative estimate of drug-likeness (QED) is 0.434. The SMILES string of the molecule is Cn1ncc2c(N)nc3cnc(C(=O)N4CCO[C@@H]5Cc6cc(Br)c(F)cc6[C@@H]54)cc3c21. The van der Waals surface area contributed by atoms with Gasteiger partial charge in [0.1, 0.15) is 17.3 Å². The van der Waals surface area contributed by atoms with Crippen LogP contribution in [0, 0.1) is 5.82 Å². The number of rotatable bonds is 1. The summed E-state index contributed by atoms with van der Waals surface area (Å²) >= 11 is 3.25. The summed E-state index contributed by atoms with van der Waals surface area (Å²) < 4.78 is 22.4. The molecule has 1 amide bonds. The maximum Gasteiger partial charge on any atom is 0.273 e. The average molecular weight is 497 g/mol. The molecule has 1 fully saturated rings. The summed E-state index contributed by atoms with van der Waals surface area (Å²) in [6, 6.07) is 4.65. The van der Waals surface area contributed by atoms with Gasteiger partial charge >= 0.3 is 0 Å². The van der Waals surface area contributed by atoms with E-state index in [9.17, 15) is 9.18 Å². The lowest BCUT2D eigenvalue weighted by atomic mass is 10.0. The monoisotopic (exact) mass is 496 g/mol. The number of aromatic nitrogens is 4. The van der Waals surface area contributed by atoms with Crippen LogP contribution in [0.25, 0.3) is 21.8 Å². The molecule has 0 saturated carbocycles. The Morgan fingerprint density at radius 3 is 2.97 bits per heavy atom. The van der Waals surface area contributed by atoms with Crippen molar-refractivity contribution < 1.29 is 13.9 Å². The number of carbonyl (C=O) groups is 1. The second-order valence-corrected chi connectivity index (χ2v) is 8.99.